The summed E-state index contributed by atoms with van der Waals surface area (Å²) in [4.78, 5) is 44.9. The highest BCUT2D eigenvalue weighted by molar-refractivity contribution is 4.84. The Hall–Kier alpha value is -0.320. The Morgan fingerprint density at radius 3 is 1.20 bits per heavy atom. The summed E-state index contributed by atoms with van der Waals surface area (Å²) in [6, 6.07) is 0. The molecule has 0 aromatic carbocycles. The molecule has 0 bridgehead atoms. The quantitative estimate of drug-likeness (QED) is 0.143. The van der Waals surface area contributed by atoms with Gasteiger partial charge in [-0.1, -0.05) is 26.7 Å². The van der Waals surface area contributed by atoms with Crippen LogP contribution in [0.2, 0.25) is 0 Å². The fraction of sp³-hybridized carbons (Fsp3) is 1.00. The minimum absolute atomic E-state index is 0.410. The van der Waals surface area contributed by atoms with E-state index in [1.54, 1.807) is 0 Å². The van der Waals surface area contributed by atoms with Crippen LogP contribution in [0.1, 0.15) is 107 Å². The van der Waals surface area contributed by atoms with Gasteiger partial charge in [0.2, 0.25) is 11.6 Å². The molecule has 0 unspecified atom stereocenters. The van der Waals surface area contributed by atoms with Crippen LogP contribution in [-0.4, -0.2) is 36.0 Å². The molecule has 0 atom stereocenters. The van der Waals surface area contributed by atoms with Crippen LogP contribution in [0, 0.1) is 0 Å². The molecule has 0 radical (unpaired) electrons. The molecule has 1 saturated carbocycles. The molecule has 8 nitrogen and oxygen atoms in total. The van der Waals surface area contributed by atoms with Gasteiger partial charge in [-0.25, -0.2) is 19.6 Å². The van der Waals surface area contributed by atoms with Crippen molar-refractivity contribution in [1.82, 2.24) is 0 Å². The van der Waals surface area contributed by atoms with Crippen molar-refractivity contribution in [2.24, 2.45) is 0 Å². The molecule has 0 N–H and O–H groups in total. The molecule has 0 aromatic heterocycles. The van der Waals surface area contributed by atoms with E-state index in [1.807, 2.05) is 41.5 Å². The second-order valence-corrected chi connectivity index (χ2v) is 9.90. The van der Waals surface area contributed by atoms with Gasteiger partial charge in [-0.15, -0.1) is 0 Å². The first kappa shape index (κ1) is 27.7. The fourth-order valence-electron chi connectivity index (χ4n) is 2.48. The number of hydrogen-bond acceptors (Lipinski definition) is 8. The molecule has 1 aliphatic rings. The van der Waals surface area contributed by atoms with Gasteiger partial charge in [0.25, 0.3) is 0 Å². The second-order valence-electron chi connectivity index (χ2n) is 9.90. The minimum atomic E-state index is -1.08. The van der Waals surface area contributed by atoms with Crippen LogP contribution in [0.25, 0.3) is 0 Å². The largest absolute Gasteiger partial charge is 0.234 e. The van der Waals surface area contributed by atoms with E-state index >= 15 is 0 Å². The predicted octanol–water partition coefficient (Wildman–Crippen LogP) is 5.94. The Balaban J connectivity index is 2.81. The van der Waals surface area contributed by atoms with Gasteiger partial charge in [0.05, 0.1) is 24.4 Å². The topological polar surface area (TPSA) is 73.8 Å². The average molecular weight is 437 g/mol. The third kappa shape index (κ3) is 11.3. The van der Waals surface area contributed by atoms with Crippen LogP contribution < -0.4 is 0 Å². The summed E-state index contributed by atoms with van der Waals surface area (Å²) in [5.41, 5.74) is -0.988. The summed E-state index contributed by atoms with van der Waals surface area (Å²) in [6.07, 6.45) is 5.51. The lowest BCUT2D eigenvalue weighted by Gasteiger charge is -2.43. The minimum Gasteiger partial charge on any atom is -0.234 e. The summed E-state index contributed by atoms with van der Waals surface area (Å²) in [5, 5.41) is 0. The van der Waals surface area contributed by atoms with E-state index in [4.69, 9.17) is 39.1 Å². The van der Waals surface area contributed by atoms with Crippen molar-refractivity contribution in [3.63, 3.8) is 0 Å². The second kappa shape index (κ2) is 12.6. The molecule has 0 spiro atoms. The molecule has 30 heavy (non-hydrogen) atoms. The Kier molecular flexibility index (Phi) is 11.7. The molecule has 0 amide bonds. The van der Waals surface area contributed by atoms with E-state index in [0.717, 1.165) is 25.7 Å². The molecule has 1 rings (SSSR count). The highest BCUT2D eigenvalue weighted by Gasteiger charge is 2.51. The van der Waals surface area contributed by atoms with Crippen molar-refractivity contribution in [3.05, 3.63) is 0 Å². The zero-order valence-corrected chi connectivity index (χ0v) is 20.3. The van der Waals surface area contributed by atoms with Crippen molar-refractivity contribution in [1.29, 1.82) is 0 Å². The summed E-state index contributed by atoms with van der Waals surface area (Å²) in [7, 11) is 0. The Morgan fingerprint density at radius 1 is 0.567 bits per heavy atom. The molecular formula is C22H44O8. The van der Waals surface area contributed by atoms with Crippen LogP contribution in [0.3, 0.4) is 0 Å². The lowest BCUT2D eigenvalue weighted by atomic mass is 9.89. The van der Waals surface area contributed by atoms with Crippen molar-refractivity contribution in [3.8, 4) is 0 Å². The van der Waals surface area contributed by atoms with Gasteiger partial charge in [-0.2, -0.15) is 19.6 Å². The maximum Gasteiger partial charge on any atom is 0.234 e. The maximum absolute atomic E-state index is 5.77. The predicted molar refractivity (Wildman–Crippen MR) is 112 cm³/mol. The van der Waals surface area contributed by atoms with Crippen molar-refractivity contribution in [2.75, 3.05) is 13.2 Å². The first-order valence-corrected chi connectivity index (χ1v) is 11.3. The van der Waals surface area contributed by atoms with Gasteiger partial charge in [-0.3, -0.25) is 0 Å². The Bertz CT molecular complexity index is 413. The van der Waals surface area contributed by atoms with Crippen molar-refractivity contribution >= 4 is 0 Å². The molecule has 0 heterocycles. The summed E-state index contributed by atoms with van der Waals surface area (Å²) >= 11 is 0. The third-order valence-corrected chi connectivity index (χ3v) is 4.24. The van der Waals surface area contributed by atoms with Gasteiger partial charge in [-0.05, 0) is 54.4 Å². The highest BCUT2D eigenvalue weighted by Crippen LogP contribution is 2.42. The van der Waals surface area contributed by atoms with E-state index in [1.165, 1.54) is 0 Å². The third-order valence-electron chi connectivity index (χ3n) is 4.24. The van der Waals surface area contributed by atoms with Crippen LogP contribution in [0.4, 0.5) is 0 Å². The summed E-state index contributed by atoms with van der Waals surface area (Å²) < 4.78 is 0. The van der Waals surface area contributed by atoms with E-state index in [2.05, 4.69) is 13.8 Å². The van der Waals surface area contributed by atoms with Gasteiger partial charge in [0.1, 0.15) is 0 Å². The zero-order valence-electron chi connectivity index (χ0n) is 20.3. The standard InChI is InChI=1S/C22H44O8/c1-9-11-17-23-27-21(28-24-18-12-10-2)13-15-22(16-14-21,29-25-19(3,4)5)30-26-20(6,7)8/h9-18H2,1-8H3. The monoisotopic (exact) mass is 436 g/mol. The van der Waals surface area contributed by atoms with Gasteiger partial charge >= 0.3 is 0 Å². The van der Waals surface area contributed by atoms with Gasteiger partial charge in [0, 0.05) is 25.7 Å². The highest BCUT2D eigenvalue weighted by atomic mass is 17.3. The van der Waals surface area contributed by atoms with Gasteiger partial charge < -0.3 is 0 Å². The van der Waals surface area contributed by atoms with Crippen molar-refractivity contribution < 1.29 is 39.1 Å². The lowest BCUT2D eigenvalue weighted by molar-refractivity contribution is -0.566. The Morgan fingerprint density at radius 2 is 0.900 bits per heavy atom. The number of hydrogen-bond donors (Lipinski definition) is 0. The Labute approximate surface area is 182 Å². The molecule has 8 heteroatoms. The van der Waals surface area contributed by atoms with Crippen LogP contribution in [0.5, 0.6) is 0 Å². The molecule has 1 aliphatic carbocycles. The van der Waals surface area contributed by atoms with Crippen LogP contribution in [0.15, 0.2) is 0 Å². The fourth-order valence-corrected chi connectivity index (χ4v) is 2.48. The summed E-state index contributed by atoms with van der Waals surface area (Å²) in [6.45, 7) is 16.6. The molecular weight excluding hydrogens is 392 g/mol. The average Bonchev–Trinajstić information content (AvgIpc) is 2.66. The van der Waals surface area contributed by atoms with E-state index in [-0.39, 0.29) is 0 Å². The van der Waals surface area contributed by atoms with Crippen LogP contribution >= 0.6 is 0 Å². The van der Waals surface area contributed by atoms with E-state index in [9.17, 15) is 0 Å². The van der Waals surface area contributed by atoms with Crippen molar-refractivity contribution in [2.45, 2.75) is 130 Å². The van der Waals surface area contributed by atoms with Gasteiger partial charge in [0.15, 0.2) is 0 Å². The zero-order chi connectivity index (χ0) is 22.7. The molecule has 0 aromatic rings. The summed E-state index contributed by atoms with van der Waals surface area (Å²) in [5.74, 6) is -2.11. The molecule has 180 valence electrons. The molecule has 1 fully saturated rings. The number of rotatable bonds is 14. The molecule has 0 saturated heterocycles. The molecule has 0 aliphatic heterocycles. The normalized spacial score (nSPS) is 19.2. The number of unbranched alkanes of at least 4 members (excludes halogenated alkanes) is 2. The first-order chi connectivity index (χ1) is 13.9. The smallest absolute Gasteiger partial charge is 0.234 e. The SMILES string of the molecule is CCCCOOC1(OOCCCC)CCC(OOC(C)(C)C)(OOC(C)(C)C)CC1. The maximum atomic E-state index is 5.77. The lowest BCUT2D eigenvalue weighted by Crippen LogP contribution is -2.50. The van der Waals surface area contributed by atoms with E-state index in [0.29, 0.717) is 38.9 Å². The van der Waals surface area contributed by atoms with E-state index < -0.39 is 22.8 Å². The van der Waals surface area contributed by atoms with Crippen LogP contribution in [-0.2, 0) is 39.1 Å². The first-order valence-electron chi connectivity index (χ1n) is 11.3.